The van der Waals surface area contributed by atoms with Crippen molar-refractivity contribution in [3.8, 4) is 5.75 Å². The molecule has 0 bridgehead atoms. The number of ether oxygens (including phenoxy) is 2. The Balaban J connectivity index is 2.21. The zero-order valence-electron chi connectivity index (χ0n) is 17.1. The third kappa shape index (κ3) is 5.59. The molecule has 0 radical (unpaired) electrons. The van der Waals surface area contributed by atoms with Gasteiger partial charge in [-0.1, -0.05) is 26.8 Å². The predicted molar refractivity (Wildman–Crippen MR) is 111 cm³/mol. The molecule has 1 aliphatic heterocycles. The molecule has 1 aliphatic rings. The number of aliphatic hydroxyl groups is 1. The Bertz CT molecular complexity index is 749. The third-order valence-electron chi connectivity index (χ3n) is 4.91. The van der Waals surface area contributed by atoms with Gasteiger partial charge < -0.3 is 19.0 Å². The van der Waals surface area contributed by atoms with Crippen LogP contribution in [0.25, 0.3) is 0 Å². The van der Waals surface area contributed by atoms with E-state index in [9.17, 15) is 9.90 Å². The monoisotopic (exact) mass is 456 g/mol. The van der Waals surface area contributed by atoms with E-state index in [4.69, 9.17) is 13.9 Å². The molecule has 0 fully saturated rings. The van der Waals surface area contributed by atoms with E-state index in [-0.39, 0.29) is 11.5 Å². The van der Waals surface area contributed by atoms with Crippen molar-refractivity contribution in [2.45, 2.75) is 71.1 Å². The van der Waals surface area contributed by atoms with E-state index in [0.29, 0.717) is 11.3 Å². The Labute approximate surface area is 171 Å². The number of carbonyl (C=O) groups excluding carboxylic acids is 1. The highest BCUT2D eigenvalue weighted by Gasteiger charge is 2.39. The second kappa shape index (κ2) is 7.60. The van der Waals surface area contributed by atoms with Gasteiger partial charge in [-0.3, -0.25) is 0 Å². The van der Waals surface area contributed by atoms with Gasteiger partial charge in [0.05, 0.1) is 16.7 Å². The molecule has 7 heteroatoms. The van der Waals surface area contributed by atoms with Crippen LogP contribution in [0.1, 0.15) is 52.7 Å². The van der Waals surface area contributed by atoms with Crippen molar-refractivity contribution in [1.82, 2.24) is 0 Å². The molecule has 0 amide bonds. The van der Waals surface area contributed by atoms with Crippen LogP contribution in [0.4, 0.5) is 0 Å². The Kier molecular flexibility index (Phi) is 6.19. The number of benzene rings is 1. The van der Waals surface area contributed by atoms with E-state index >= 15 is 0 Å². The van der Waals surface area contributed by atoms with Crippen LogP contribution in [0.15, 0.2) is 34.5 Å². The van der Waals surface area contributed by atoms with Gasteiger partial charge >= 0.3 is 5.97 Å². The minimum atomic E-state index is -2.01. The van der Waals surface area contributed by atoms with Crippen LogP contribution in [0.2, 0.25) is 18.1 Å². The number of carbonyl (C=O) groups is 1. The minimum Gasteiger partial charge on any atom is -0.543 e. The summed E-state index contributed by atoms with van der Waals surface area (Å²) in [4.78, 5) is 11.7. The summed E-state index contributed by atoms with van der Waals surface area (Å²) in [5.41, 5.74) is 0.702. The molecule has 1 unspecified atom stereocenters. The van der Waals surface area contributed by atoms with Crippen LogP contribution in [0.5, 0.6) is 5.75 Å². The quantitative estimate of drug-likeness (QED) is 0.471. The zero-order valence-corrected chi connectivity index (χ0v) is 19.6. The van der Waals surface area contributed by atoms with Crippen molar-refractivity contribution in [3.05, 3.63) is 40.1 Å². The van der Waals surface area contributed by atoms with Crippen LogP contribution in [-0.2, 0) is 14.3 Å². The predicted octanol–water partition coefficient (Wildman–Crippen LogP) is 5.45. The van der Waals surface area contributed by atoms with E-state index in [1.807, 2.05) is 18.2 Å². The average molecular weight is 457 g/mol. The Morgan fingerprint density at radius 1 is 1.26 bits per heavy atom. The maximum absolute atomic E-state index is 11.7. The largest absolute Gasteiger partial charge is 0.543 e. The maximum Gasteiger partial charge on any atom is 0.337 e. The van der Waals surface area contributed by atoms with Crippen molar-refractivity contribution >= 4 is 30.2 Å². The lowest BCUT2D eigenvalue weighted by Gasteiger charge is -2.37. The molecular formula is C20H29BrO5Si. The fourth-order valence-corrected chi connectivity index (χ4v) is 3.91. The molecule has 0 aliphatic carbocycles. The fourth-order valence-electron chi connectivity index (χ4n) is 2.41. The molecule has 5 nitrogen and oxygen atoms in total. The molecular weight excluding hydrogens is 428 g/mol. The number of cyclic esters (lactones) is 1. The number of rotatable bonds is 5. The topological polar surface area (TPSA) is 65.0 Å². The molecule has 2 rings (SSSR count). The first-order valence-corrected chi connectivity index (χ1v) is 12.7. The summed E-state index contributed by atoms with van der Waals surface area (Å²) >= 11 is 3.54. The molecule has 1 heterocycles. The highest BCUT2D eigenvalue weighted by atomic mass is 79.9. The smallest absolute Gasteiger partial charge is 0.337 e. The van der Waals surface area contributed by atoms with Crippen LogP contribution in [-0.4, -0.2) is 25.2 Å². The number of aliphatic hydroxyl groups excluding tert-OH is 1. The Morgan fingerprint density at radius 3 is 2.44 bits per heavy atom. The van der Waals surface area contributed by atoms with E-state index in [0.717, 1.165) is 10.2 Å². The van der Waals surface area contributed by atoms with Crippen LogP contribution < -0.4 is 4.43 Å². The van der Waals surface area contributed by atoms with Crippen molar-refractivity contribution in [2.24, 2.45) is 0 Å². The van der Waals surface area contributed by atoms with E-state index in [1.165, 1.54) is 6.08 Å². The van der Waals surface area contributed by atoms with Crippen molar-refractivity contribution in [1.29, 1.82) is 0 Å². The molecule has 0 saturated carbocycles. The summed E-state index contributed by atoms with van der Waals surface area (Å²) in [5.74, 6) is -0.377. The van der Waals surface area contributed by atoms with Crippen LogP contribution in [0, 0.1) is 0 Å². The summed E-state index contributed by atoms with van der Waals surface area (Å²) in [6.07, 6.45) is 0.632. The molecule has 0 spiro atoms. The molecule has 1 N–H and O–H groups in total. The van der Waals surface area contributed by atoms with E-state index in [2.05, 4.69) is 49.8 Å². The van der Waals surface area contributed by atoms with Crippen molar-refractivity contribution in [3.63, 3.8) is 0 Å². The molecule has 0 aromatic heterocycles. The molecule has 0 saturated heterocycles. The molecule has 1 aromatic carbocycles. The van der Waals surface area contributed by atoms with Crippen LogP contribution in [0.3, 0.4) is 0 Å². The lowest BCUT2D eigenvalue weighted by Crippen LogP contribution is -2.44. The van der Waals surface area contributed by atoms with Gasteiger partial charge in [-0.25, -0.2) is 4.79 Å². The SMILES string of the molecule is CC1(C)OC(=O)C=C(CC(O)c2ccc(Br)c(O[Si](C)(C)C(C)(C)C)c2)O1. The Morgan fingerprint density at radius 2 is 1.89 bits per heavy atom. The standard InChI is InChI=1S/C20H29BrO5Si/c1-19(2,3)27(6,7)26-17-10-13(8-9-15(17)21)16(22)11-14-12-18(23)25-20(4,5)24-14/h8-10,12,16,22H,11H2,1-7H3. The van der Waals surface area contributed by atoms with E-state index < -0.39 is 26.2 Å². The fraction of sp³-hybridized carbons (Fsp3) is 0.550. The normalized spacial score (nSPS) is 18.3. The molecule has 27 heavy (non-hydrogen) atoms. The number of halogens is 1. The molecule has 150 valence electrons. The summed E-state index contributed by atoms with van der Waals surface area (Å²) in [5, 5.41) is 10.7. The minimum absolute atomic E-state index is 0.0632. The second-order valence-corrected chi connectivity index (χ2v) is 14.4. The highest BCUT2D eigenvalue weighted by molar-refractivity contribution is 9.10. The van der Waals surface area contributed by atoms with Gasteiger partial charge in [-0.05, 0) is 51.8 Å². The van der Waals surface area contributed by atoms with E-state index in [1.54, 1.807) is 13.8 Å². The molecule has 1 aromatic rings. The summed E-state index contributed by atoms with van der Waals surface area (Å²) in [6, 6.07) is 5.55. The summed E-state index contributed by atoms with van der Waals surface area (Å²) < 4.78 is 17.9. The zero-order chi connectivity index (χ0) is 20.6. The van der Waals surface area contributed by atoms with Gasteiger partial charge in [0.2, 0.25) is 5.79 Å². The summed E-state index contributed by atoms with van der Waals surface area (Å²) in [6.45, 7) is 14.2. The lowest BCUT2D eigenvalue weighted by molar-refractivity contribution is -0.206. The highest BCUT2D eigenvalue weighted by Crippen LogP contribution is 2.40. The number of esters is 1. The van der Waals surface area contributed by atoms with Gasteiger partial charge in [-0.2, -0.15) is 0 Å². The van der Waals surface area contributed by atoms with Crippen LogP contribution >= 0.6 is 15.9 Å². The van der Waals surface area contributed by atoms with Gasteiger partial charge in [0, 0.05) is 20.3 Å². The van der Waals surface area contributed by atoms with Crippen molar-refractivity contribution < 1.29 is 23.8 Å². The maximum atomic E-state index is 11.7. The van der Waals surface area contributed by atoms with Gasteiger partial charge in [0.25, 0.3) is 8.32 Å². The van der Waals surface area contributed by atoms with Gasteiger partial charge in [-0.15, -0.1) is 0 Å². The third-order valence-corrected chi connectivity index (χ3v) is 9.91. The number of hydrogen-bond donors (Lipinski definition) is 1. The first kappa shape index (κ1) is 22.0. The first-order chi connectivity index (χ1) is 12.2. The first-order valence-electron chi connectivity index (χ1n) is 8.99. The van der Waals surface area contributed by atoms with Crippen molar-refractivity contribution in [2.75, 3.05) is 0 Å². The average Bonchev–Trinajstić information content (AvgIpc) is 2.45. The van der Waals surface area contributed by atoms with Gasteiger partial charge in [0.15, 0.2) is 0 Å². The molecule has 1 atom stereocenters. The second-order valence-electron chi connectivity index (χ2n) is 8.81. The summed E-state index contributed by atoms with van der Waals surface area (Å²) in [7, 11) is -2.01. The Hall–Kier alpha value is -1.31. The lowest BCUT2D eigenvalue weighted by atomic mass is 10.0. The van der Waals surface area contributed by atoms with Gasteiger partial charge in [0.1, 0.15) is 11.5 Å². The number of hydrogen-bond acceptors (Lipinski definition) is 5.